The van der Waals surface area contributed by atoms with E-state index < -0.39 is 0 Å². The molecule has 5 nitrogen and oxygen atoms in total. The zero-order valence-corrected chi connectivity index (χ0v) is 11.3. The van der Waals surface area contributed by atoms with Crippen molar-refractivity contribution in [3.05, 3.63) is 60.8 Å². The fraction of sp³-hybridized carbons (Fsp3) is 0.0625. The molecule has 0 bridgehead atoms. The van der Waals surface area contributed by atoms with Crippen LogP contribution in [0.3, 0.4) is 0 Å². The Bertz CT molecular complexity index is 758. The van der Waals surface area contributed by atoms with E-state index in [-0.39, 0.29) is 12.5 Å². The molecular formula is C16H14N4O. The molecule has 0 saturated heterocycles. The van der Waals surface area contributed by atoms with Gasteiger partial charge in [-0.15, -0.1) is 0 Å². The van der Waals surface area contributed by atoms with Gasteiger partial charge in [0.25, 0.3) is 0 Å². The normalized spacial score (nSPS) is 10.3. The summed E-state index contributed by atoms with van der Waals surface area (Å²) in [5.41, 5.74) is 1.70. The van der Waals surface area contributed by atoms with Crippen LogP contribution < -0.4 is 10.6 Å². The van der Waals surface area contributed by atoms with Gasteiger partial charge in [-0.25, -0.2) is 9.97 Å². The summed E-state index contributed by atoms with van der Waals surface area (Å²) in [6.07, 6.45) is 1.70. The Labute approximate surface area is 122 Å². The average molecular weight is 278 g/mol. The highest BCUT2D eigenvalue weighted by Crippen LogP contribution is 2.11. The molecule has 0 spiro atoms. The van der Waals surface area contributed by atoms with Gasteiger partial charge in [-0.05, 0) is 18.2 Å². The maximum Gasteiger partial charge on any atom is 0.246 e. The van der Waals surface area contributed by atoms with E-state index in [9.17, 15) is 4.79 Å². The van der Waals surface area contributed by atoms with Crippen LogP contribution in [0.5, 0.6) is 0 Å². The summed E-state index contributed by atoms with van der Waals surface area (Å²) in [5, 5.41) is 6.66. The molecule has 0 unspecified atom stereocenters. The molecule has 0 saturated carbocycles. The Morgan fingerprint density at radius 3 is 2.62 bits per heavy atom. The number of anilines is 2. The van der Waals surface area contributed by atoms with E-state index in [2.05, 4.69) is 20.6 Å². The molecule has 0 aliphatic carbocycles. The van der Waals surface area contributed by atoms with Gasteiger partial charge in [0.2, 0.25) is 11.9 Å². The van der Waals surface area contributed by atoms with Gasteiger partial charge in [0, 0.05) is 17.3 Å². The van der Waals surface area contributed by atoms with Crippen molar-refractivity contribution in [3.63, 3.8) is 0 Å². The lowest BCUT2D eigenvalue weighted by molar-refractivity contribution is -0.114. The third-order valence-corrected chi connectivity index (χ3v) is 2.97. The first-order valence-corrected chi connectivity index (χ1v) is 6.62. The van der Waals surface area contributed by atoms with Crippen molar-refractivity contribution < 1.29 is 4.79 Å². The predicted molar refractivity (Wildman–Crippen MR) is 83.1 cm³/mol. The first kappa shape index (κ1) is 13.1. The molecule has 21 heavy (non-hydrogen) atoms. The van der Waals surface area contributed by atoms with E-state index in [1.165, 1.54) is 0 Å². The lowest BCUT2D eigenvalue weighted by Crippen LogP contribution is -2.22. The van der Waals surface area contributed by atoms with Gasteiger partial charge < -0.3 is 5.32 Å². The number of nitrogens with one attached hydrogen (secondary N) is 2. The quantitative estimate of drug-likeness (QED) is 0.770. The number of para-hydroxylation sites is 2. The van der Waals surface area contributed by atoms with Crippen LogP contribution >= 0.6 is 0 Å². The molecule has 0 aliphatic heterocycles. The number of carbonyl (C=O) groups excluding carboxylic acids is 1. The number of nitrogens with zero attached hydrogens (tertiary/aromatic N) is 2. The number of amides is 1. The third-order valence-electron chi connectivity index (χ3n) is 2.97. The fourth-order valence-electron chi connectivity index (χ4n) is 1.94. The molecule has 3 aromatic rings. The van der Waals surface area contributed by atoms with Gasteiger partial charge in [-0.3, -0.25) is 10.1 Å². The van der Waals surface area contributed by atoms with Crippen LogP contribution in [-0.2, 0) is 4.79 Å². The molecule has 1 heterocycles. The molecule has 2 N–H and O–H groups in total. The second-order valence-electron chi connectivity index (χ2n) is 4.52. The molecule has 1 amide bonds. The van der Waals surface area contributed by atoms with Gasteiger partial charge >= 0.3 is 0 Å². The largest absolute Gasteiger partial charge is 0.376 e. The van der Waals surface area contributed by atoms with E-state index in [0.29, 0.717) is 5.95 Å². The van der Waals surface area contributed by atoms with Crippen LogP contribution in [0.2, 0.25) is 0 Å². The smallest absolute Gasteiger partial charge is 0.246 e. The number of fused-ring (bicyclic) bond motifs is 1. The van der Waals surface area contributed by atoms with Gasteiger partial charge in [0.05, 0.1) is 12.1 Å². The van der Waals surface area contributed by atoms with Crippen molar-refractivity contribution >= 4 is 28.4 Å². The highest BCUT2D eigenvalue weighted by molar-refractivity contribution is 5.93. The number of rotatable bonds is 4. The zero-order valence-electron chi connectivity index (χ0n) is 11.3. The molecule has 3 rings (SSSR count). The van der Waals surface area contributed by atoms with Crippen LogP contribution in [0.25, 0.3) is 10.9 Å². The Morgan fingerprint density at radius 1 is 1.00 bits per heavy atom. The summed E-state index contributed by atoms with van der Waals surface area (Å²) in [4.78, 5) is 20.3. The minimum Gasteiger partial charge on any atom is -0.376 e. The monoisotopic (exact) mass is 278 g/mol. The van der Waals surface area contributed by atoms with Gasteiger partial charge in [-0.2, -0.15) is 0 Å². The van der Waals surface area contributed by atoms with Crippen molar-refractivity contribution in [2.24, 2.45) is 0 Å². The lowest BCUT2D eigenvalue weighted by Gasteiger charge is -2.07. The number of hydrogen-bond acceptors (Lipinski definition) is 4. The topological polar surface area (TPSA) is 66.9 Å². The first-order valence-electron chi connectivity index (χ1n) is 6.62. The first-order chi connectivity index (χ1) is 10.3. The molecule has 5 heteroatoms. The SMILES string of the molecule is O=C(CNc1ccccc1)Nc1ncc2ccccc2n1. The second kappa shape index (κ2) is 6.00. The molecular weight excluding hydrogens is 264 g/mol. The van der Waals surface area contributed by atoms with Crippen molar-refractivity contribution in [3.8, 4) is 0 Å². The molecule has 104 valence electrons. The van der Waals surface area contributed by atoms with E-state index in [4.69, 9.17) is 0 Å². The van der Waals surface area contributed by atoms with Crippen LogP contribution in [-0.4, -0.2) is 22.4 Å². The minimum absolute atomic E-state index is 0.167. The summed E-state index contributed by atoms with van der Waals surface area (Å²) in [6, 6.07) is 17.2. The molecule has 0 atom stereocenters. The van der Waals surface area contributed by atoms with E-state index in [1.54, 1.807) is 6.20 Å². The van der Waals surface area contributed by atoms with Crippen molar-refractivity contribution in [2.45, 2.75) is 0 Å². The number of hydrogen-bond donors (Lipinski definition) is 2. The summed E-state index contributed by atoms with van der Waals surface area (Å²) in [6.45, 7) is 0.167. The maximum absolute atomic E-state index is 11.9. The third kappa shape index (κ3) is 3.33. The molecule has 1 aromatic heterocycles. The average Bonchev–Trinajstić information content (AvgIpc) is 2.54. The van der Waals surface area contributed by atoms with Gasteiger partial charge in [0.15, 0.2) is 0 Å². The summed E-state index contributed by atoms with van der Waals surface area (Å²) >= 11 is 0. The minimum atomic E-state index is -0.186. The predicted octanol–water partition coefficient (Wildman–Crippen LogP) is 2.68. The highest BCUT2D eigenvalue weighted by Gasteiger charge is 2.05. The van der Waals surface area contributed by atoms with Crippen molar-refractivity contribution in [1.82, 2.24) is 9.97 Å². The van der Waals surface area contributed by atoms with Crippen LogP contribution in [0.4, 0.5) is 11.6 Å². The molecule has 0 aliphatic rings. The second-order valence-corrected chi connectivity index (χ2v) is 4.52. The lowest BCUT2D eigenvalue weighted by atomic mass is 10.2. The Morgan fingerprint density at radius 2 is 1.76 bits per heavy atom. The van der Waals surface area contributed by atoms with Gasteiger partial charge in [-0.1, -0.05) is 36.4 Å². The number of aromatic nitrogens is 2. The standard InChI is InChI=1S/C16H14N4O/c21-15(11-17-13-7-2-1-3-8-13)20-16-18-10-12-6-4-5-9-14(12)19-16/h1-10,17H,11H2,(H,18,19,20,21). The molecule has 0 fully saturated rings. The van der Waals surface area contributed by atoms with Crippen molar-refractivity contribution in [2.75, 3.05) is 17.2 Å². The fourth-order valence-corrected chi connectivity index (χ4v) is 1.94. The Balaban J connectivity index is 1.63. The van der Waals surface area contributed by atoms with E-state index >= 15 is 0 Å². The number of benzene rings is 2. The zero-order chi connectivity index (χ0) is 14.5. The van der Waals surface area contributed by atoms with Crippen LogP contribution in [0.15, 0.2) is 60.8 Å². The highest BCUT2D eigenvalue weighted by atomic mass is 16.2. The summed E-state index contributed by atoms with van der Waals surface area (Å²) in [5.74, 6) is 0.127. The van der Waals surface area contributed by atoms with Gasteiger partial charge in [0.1, 0.15) is 0 Å². The summed E-state index contributed by atoms with van der Waals surface area (Å²) in [7, 11) is 0. The molecule has 2 aromatic carbocycles. The Kier molecular flexibility index (Phi) is 3.73. The van der Waals surface area contributed by atoms with Crippen molar-refractivity contribution in [1.29, 1.82) is 0 Å². The number of carbonyl (C=O) groups is 1. The van der Waals surface area contributed by atoms with E-state index in [1.807, 2.05) is 54.6 Å². The Hall–Kier alpha value is -2.95. The van der Waals surface area contributed by atoms with Crippen LogP contribution in [0, 0.1) is 0 Å². The summed E-state index contributed by atoms with van der Waals surface area (Å²) < 4.78 is 0. The maximum atomic E-state index is 11.9. The van der Waals surface area contributed by atoms with Crippen LogP contribution in [0.1, 0.15) is 0 Å². The molecule has 0 radical (unpaired) electrons. The van der Waals surface area contributed by atoms with E-state index in [0.717, 1.165) is 16.6 Å².